The summed E-state index contributed by atoms with van der Waals surface area (Å²) in [6, 6.07) is 9.34. The number of carbonyl (C=O) groups is 2. The highest BCUT2D eigenvalue weighted by Gasteiger charge is 2.39. The van der Waals surface area contributed by atoms with Crippen molar-refractivity contribution < 1.29 is 14.7 Å². The smallest absolute Gasteiger partial charge is 0.309 e. The number of hydrogen-bond donors (Lipinski definition) is 2. The Labute approximate surface area is 125 Å². The minimum Gasteiger partial charge on any atom is -0.481 e. The van der Waals surface area contributed by atoms with Gasteiger partial charge in [-0.3, -0.25) is 14.5 Å². The summed E-state index contributed by atoms with van der Waals surface area (Å²) in [6.45, 7) is 3.55. The lowest BCUT2D eigenvalue weighted by molar-refractivity contribution is -0.152. The molecular formula is C16H22N2O3. The van der Waals surface area contributed by atoms with Crippen LogP contribution in [0.5, 0.6) is 0 Å². The molecule has 0 aromatic heterocycles. The molecule has 1 saturated heterocycles. The molecule has 1 heterocycles. The maximum Gasteiger partial charge on any atom is 0.309 e. The minimum atomic E-state index is -0.710. The number of hydrogen-bond acceptors (Lipinski definition) is 3. The fourth-order valence-electron chi connectivity index (χ4n) is 2.78. The monoisotopic (exact) mass is 290 g/mol. The lowest BCUT2D eigenvalue weighted by Crippen LogP contribution is -2.46. The van der Waals surface area contributed by atoms with E-state index in [-0.39, 0.29) is 5.91 Å². The van der Waals surface area contributed by atoms with E-state index in [0.29, 0.717) is 38.9 Å². The molecule has 2 rings (SSSR count). The number of likely N-dealkylation sites (tertiary alicyclic amines) is 1. The van der Waals surface area contributed by atoms with Crippen LogP contribution in [0.2, 0.25) is 0 Å². The van der Waals surface area contributed by atoms with Gasteiger partial charge < -0.3 is 10.4 Å². The van der Waals surface area contributed by atoms with E-state index in [0.717, 1.165) is 5.69 Å². The van der Waals surface area contributed by atoms with Gasteiger partial charge >= 0.3 is 5.97 Å². The molecule has 1 aromatic rings. The van der Waals surface area contributed by atoms with Crippen molar-refractivity contribution in [1.29, 1.82) is 0 Å². The van der Waals surface area contributed by atoms with Gasteiger partial charge in [0.1, 0.15) is 0 Å². The van der Waals surface area contributed by atoms with Crippen molar-refractivity contribution in [2.24, 2.45) is 5.41 Å². The van der Waals surface area contributed by atoms with Crippen LogP contribution >= 0.6 is 0 Å². The third-order valence-corrected chi connectivity index (χ3v) is 4.37. The van der Waals surface area contributed by atoms with Gasteiger partial charge in [0.25, 0.3) is 0 Å². The van der Waals surface area contributed by atoms with E-state index in [2.05, 4.69) is 5.32 Å². The number of aliphatic carboxylic acids is 1. The lowest BCUT2D eigenvalue weighted by Gasteiger charge is -2.37. The predicted octanol–water partition coefficient (Wildman–Crippen LogP) is 2.20. The first-order valence-electron chi connectivity index (χ1n) is 7.36. The number of carboxylic acids is 1. The van der Waals surface area contributed by atoms with Crippen LogP contribution in [0.1, 0.15) is 26.2 Å². The number of carbonyl (C=O) groups excluding carboxylic acids is 1. The van der Waals surface area contributed by atoms with Crippen LogP contribution in [0.25, 0.3) is 0 Å². The number of anilines is 1. The Kier molecular flexibility index (Phi) is 4.96. The molecule has 1 aliphatic rings. The molecule has 0 atom stereocenters. The second-order valence-electron chi connectivity index (χ2n) is 5.63. The Morgan fingerprint density at radius 2 is 1.86 bits per heavy atom. The molecule has 5 heteroatoms. The molecule has 0 radical (unpaired) electrons. The molecule has 5 nitrogen and oxygen atoms in total. The second-order valence-corrected chi connectivity index (χ2v) is 5.63. The number of para-hydroxylation sites is 1. The van der Waals surface area contributed by atoms with Crippen molar-refractivity contribution >= 4 is 17.6 Å². The summed E-state index contributed by atoms with van der Waals surface area (Å²) in [7, 11) is 0. The SMILES string of the molecule is CCC1(C(=O)O)CCN(CC(=O)Nc2ccccc2)CC1. The number of carboxylic acid groups (broad SMARTS) is 1. The Morgan fingerprint density at radius 3 is 2.38 bits per heavy atom. The largest absolute Gasteiger partial charge is 0.481 e. The summed E-state index contributed by atoms with van der Waals surface area (Å²) < 4.78 is 0. The van der Waals surface area contributed by atoms with Crippen LogP contribution in [0.3, 0.4) is 0 Å². The van der Waals surface area contributed by atoms with Gasteiger partial charge in [-0.1, -0.05) is 25.1 Å². The molecule has 1 amide bonds. The minimum absolute atomic E-state index is 0.0551. The van der Waals surface area contributed by atoms with E-state index in [1.165, 1.54) is 0 Å². The van der Waals surface area contributed by atoms with Crippen LogP contribution in [0, 0.1) is 5.41 Å². The van der Waals surface area contributed by atoms with Gasteiger partial charge in [0.05, 0.1) is 12.0 Å². The first-order valence-corrected chi connectivity index (χ1v) is 7.36. The molecule has 1 aliphatic heterocycles. The average Bonchev–Trinajstić information content (AvgIpc) is 2.49. The van der Waals surface area contributed by atoms with Crippen molar-refractivity contribution in [3.8, 4) is 0 Å². The predicted molar refractivity (Wildman–Crippen MR) is 81.1 cm³/mol. The van der Waals surface area contributed by atoms with Gasteiger partial charge in [-0.05, 0) is 44.5 Å². The molecule has 2 N–H and O–H groups in total. The zero-order chi connectivity index (χ0) is 15.3. The van der Waals surface area contributed by atoms with Crippen molar-refractivity contribution in [3.63, 3.8) is 0 Å². The van der Waals surface area contributed by atoms with Gasteiger partial charge in [-0.15, -0.1) is 0 Å². The topological polar surface area (TPSA) is 69.6 Å². The average molecular weight is 290 g/mol. The van der Waals surface area contributed by atoms with Crippen LogP contribution in [0.4, 0.5) is 5.69 Å². The number of benzene rings is 1. The molecule has 0 unspecified atom stereocenters. The van der Waals surface area contributed by atoms with Crippen LogP contribution in [-0.2, 0) is 9.59 Å². The number of piperidine rings is 1. The first-order chi connectivity index (χ1) is 10.1. The van der Waals surface area contributed by atoms with E-state index in [4.69, 9.17) is 0 Å². The maximum atomic E-state index is 12.0. The summed E-state index contributed by atoms with van der Waals surface area (Å²) in [5, 5.41) is 12.2. The first kappa shape index (κ1) is 15.5. The number of rotatable bonds is 5. The van der Waals surface area contributed by atoms with Crippen molar-refractivity contribution in [2.75, 3.05) is 25.0 Å². The van der Waals surface area contributed by atoms with Crippen LogP contribution in [-0.4, -0.2) is 41.5 Å². The quantitative estimate of drug-likeness (QED) is 0.872. The Hall–Kier alpha value is -1.88. The molecular weight excluding hydrogens is 268 g/mol. The Morgan fingerprint density at radius 1 is 1.24 bits per heavy atom. The highest BCUT2D eigenvalue weighted by molar-refractivity contribution is 5.92. The van der Waals surface area contributed by atoms with Gasteiger partial charge in [-0.25, -0.2) is 0 Å². The van der Waals surface area contributed by atoms with Gasteiger partial charge in [0.2, 0.25) is 5.91 Å². The highest BCUT2D eigenvalue weighted by atomic mass is 16.4. The van der Waals surface area contributed by atoms with E-state index >= 15 is 0 Å². The Balaban J connectivity index is 1.83. The zero-order valence-corrected chi connectivity index (χ0v) is 12.3. The summed E-state index contributed by atoms with van der Waals surface area (Å²) >= 11 is 0. The third kappa shape index (κ3) is 3.82. The molecule has 21 heavy (non-hydrogen) atoms. The standard InChI is InChI=1S/C16H22N2O3/c1-2-16(15(20)21)8-10-18(11-9-16)12-14(19)17-13-6-4-3-5-7-13/h3-7H,2,8-12H2,1H3,(H,17,19)(H,20,21). The number of nitrogens with zero attached hydrogens (tertiary/aromatic N) is 1. The van der Waals surface area contributed by atoms with E-state index in [1.54, 1.807) is 0 Å². The molecule has 114 valence electrons. The van der Waals surface area contributed by atoms with Crippen molar-refractivity contribution in [1.82, 2.24) is 4.90 Å². The Bertz CT molecular complexity index is 494. The van der Waals surface area contributed by atoms with Crippen molar-refractivity contribution in [3.05, 3.63) is 30.3 Å². The van der Waals surface area contributed by atoms with E-state index in [9.17, 15) is 14.7 Å². The summed E-state index contributed by atoms with van der Waals surface area (Å²) in [5.74, 6) is -0.765. The number of amides is 1. The molecule has 1 aromatic carbocycles. The molecule has 1 fully saturated rings. The van der Waals surface area contributed by atoms with Crippen LogP contribution in [0.15, 0.2) is 30.3 Å². The fourth-order valence-corrected chi connectivity index (χ4v) is 2.78. The molecule has 0 saturated carbocycles. The summed E-state index contributed by atoms with van der Waals surface area (Å²) in [6.07, 6.45) is 1.86. The molecule has 0 aliphatic carbocycles. The van der Waals surface area contributed by atoms with Crippen molar-refractivity contribution in [2.45, 2.75) is 26.2 Å². The van der Waals surface area contributed by atoms with E-state index < -0.39 is 11.4 Å². The second kappa shape index (κ2) is 6.72. The van der Waals surface area contributed by atoms with Gasteiger partial charge in [-0.2, -0.15) is 0 Å². The molecule has 0 bridgehead atoms. The van der Waals surface area contributed by atoms with Gasteiger partial charge in [0.15, 0.2) is 0 Å². The fraction of sp³-hybridized carbons (Fsp3) is 0.500. The van der Waals surface area contributed by atoms with Crippen LogP contribution < -0.4 is 5.32 Å². The molecule has 0 spiro atoms. The summed E-state index contributed by atoms with van der Waals surface area (Å²) in [5.41, 5.74) is 0.180. The van der Waals surface area contributed by atoms with Gasteiger partial charge in [0, 0.05) is 5.69 Å². The maximum absolute atomic E-state index is 12.0. The third-order valence-electron chi connectivity index (χ3n) is 4.37. The zero-order valence-electron chi connectivity index (χ0n) is 12.3. The number of nitrogens with one attached hydrogen (secondary N) is 1. The van der Waals surface area contributed by atoms with E-state index in [1.807, 2.05) is 42.2 Å². The normalized spacial score (nSPS) is 18.1. The lowest BCUT2D eigenvalue weighted by atomic mass is 9.76. The summed E-state index contributed by atoms with van der Waals surface area (Å²) in [4.78, 5) is 25.4. The highest BCUT2D eigenvalue weighted by Crippen LogP contribution is 2.34.